The number of quaternary nitrogens is 1. The first-order chi connectivity index (χ1) is 11.7. The van der Waals surface area contributed by atoms with Crippen molar-refractivity contribution in [2.45, 2.75) is 6.42 Å². The fourth-order valence-electron chi connectivity index (χ4n) is 2.30. The van der Waals surface area contributed by atoms with Crippen LogP contribution >= 0.6 is 0 Å². The predicted octanol–water partition coefficient (Wildman–Crippen LogP) is -0.573. The Bertz CT molecular complexity index is 887. The first-order valence-electron chi connectivity index (χ1n) is 7.40. The number of aromatic carboxylic acids is 1. The standard InChI is InChI=1S/C15H18N4O5S/c1-17-8-6-13(20)18-11-4-2-10(3-5-11)12-7-9-19(25(16,23)24)14(12)15(21)22/h2-5,7,9,17H,6,8H2,1H3,(H,18,20)(H,21,22)(H2,16,23,24)/p+1. The van der Waals surface area contributed by atoms with Gasteiger partial charge in [0.2, 0.25) is 5.91 Å². The summed E-state index contributed by atoms with van der Waals surface area (Å²) in [4.78, 5) is 23.1. The van der Waals surface area contributed by atoms with Gasteiger partial charge in [-0.15, -0.1) is 0 Å². The van der Waals surface area contributed by atoms with Gasteiger partial charge >= 0.3 is 16.2 Å². The SMILES string of the molecule is C[NH2+]CCC(=O)Nc1ccc(-c2ccn(S(N)(=O)=O)c2C(=O)O)cc1. The number of nitrogens with zero attached hydrogens (tertiary/aromatic N) is 1. The highest BCUT2D eigenvalue weighted by molar-refractivity contribution is 7.87. The number of amides is 1. The van der Waals surface area contributed by atoms with E-state index in [1.54, 1.807) is 24.3 Å². The molecule has 6 N–H and O–H groups in total. The molecule has 0 unspecified atom stereocenters. The molecule has 0 fully saturated rings. The minimum atomic E-state index is -4.22. The van der Waals surface area contributed by atoms with Crippen molar-refractivity contribution in [3.63, 3.8) is 0 Å². The van der Waals surface area contributed by atoms with E-state index in [0.29, 0.717) is 28.2 Å². The van der Waals surface area contributed by atoms with Crippen LogP contribution in [0, 0.1) is 0 Å². The number of carboxylic acid groups (broad SMARTS) is 1. The first kappa shape index (κ1) is 18.6. The molecule has 0 saturated carbocycles. The van der Waals surface area contributed by atoms with Crippen LogP contribution in [0.1, 0.15) is 16.9 Å². The van der Waals surface area contributed by atoms with E-state index in [9.17, 15) is 23.1 Å². The van der Waals surface area contributed by atoms with Crippen LogP contribution in [0.25, 0.3) is 11.1 Å². The van der Waals surface area contributed by atoms with Gasteiger partial charge in [0.1, 0.15) is 0 Å². The maximum Gasteiger partial charge on any atom is 0.354 e. The Kier molecular flexibility index (Phi) is 5.57. The molecule has 0 radical (unpaired) electrons. The summed E-state index contributed by atoms with van der Waals surface area (Å²) < 4.78 is 23.5. The average Bonchev–Trinajstić information content (AvgIpc) is 2.99. The van der Waals surface area contributed by atoms with Crippen LogP contribution in [0.2, 0.25) is 0 Å². The van der Waals surface area contributed by atoms with E-state index in [1.807, 2.05) is 12.4 Å². The zero-order valence-electron chi connectivity index (χ0n) is 13.5. The third-order valence-electron chi connectivity index (χ3n) is 3.47. The summed E-state index contributed by atoms with van der Waals surface area (Å²) >= 11 is 0. The molecule has 1 aromatic heterocycles. The number of anilines is 1. The number of carbonyl (C=O) groups is 2. The second-order valence-corrected chi connectivity index (χ2v) is 6.72. The highest BCUT2D eigenvalue weighted by Gasteiger charge is 2.22. The average molecular weight is 367 g/mol. The van der Waals surface area contributed by atoms with Crippen molar-refractivity contribution in [3.05, 3.63) is 42.2 Å². The van der Waals surface area contributed by atoms with Crippen LogP contribution in [-0.2, 0) is 15.0 Å². The topological polar surface area (TPSA) is 148 Å². The fraction of sp³-hybridized carbons (Fsp3) is 0.200. The molecule has 0 spiro atoms. The fourth-order valence-corrected chi connectivity index (χ4v) is 2.96. The lowest BCUT2D eigenvalue weighted by atomic mass is 10.1. The van der Waals surface area contributed by atoms with Crippen LogP contribution in [0.5, 0.6) is 0 Å². The number of carbonyl (C=O) groups excluding carboxylic acids is 1. The molecular weight excluding hydrogens is 348 g/mol. The van der Waals surface area contributed by atoms with Gasteiger partial charge in [0.25, 0.3) is 0 Å². The van der Waals surface area contributed by atoms with Gasteiger partial charge in [0.05, 0.1) is 20.0 Å². The van der Waals surface area contributed by atoms with Gasteiger partial charge in [0, 0.05) is 17.4 Å². The van der Waals surface area contributed by atoms with E-state index in [4.69, 9.17) is 5.14 Å². The van der Waals surface area contributed by atoms with Crippen molar-refractivity contribution >= 4 is 27.8 Å². The zero-order valence-corrected chi connectivity index (χ0v) is 14.3. The van der Waals surface area contributed by atoms with Crippen LogP contribution in [0.4, 0.5) is 5.69 Å². The summed E-state index contributed by atoms with van der Waals surface area (Å²) in [5.74, 6) is -1.54. The molecule has 1 aromatic carbocycles. The number of nitrogens with one attached hydrogen (secondary N) is 1. The quantitative estimate of drug-likeness (QED) is 0.517. The largest absolute Gasteiger partial charge is 0.477 e. The number of hydrogen-bond donors (Lipinski definition) is 4. The molecule has 1 heterocycles. The Morgan fingerprint density at radius 1 is 1.24 bits per heavy atom. The number of nitrogens with two attached hydrogens (primary N) is 2. The van der Waals surface area contributed by atoms with Crippen LogP contribution in [0.15, 0.2) is 36.5 Å². The minimum absolute atomic E-state index is 0.127. The molecule has 0 aliphatic carbocycles. The molecule has 10 heteroatoms. The lowest BCUT2D eigenvalue weighted by Gasteiger charge is -2.07. The molecule has 0 saturated heterocycles. The Morgan fingerprint density at radius 2 is 1.88 bits per heavy atom. The third kappa shape index (κ3) is 4.44. The maximum atomic E-state index is 11.7. The third-order valence-corrected chi connectivity index (χ3v) is 4.32. The lowest BCUT2D eigenvalue weighted by molar-refractivity contribution is -0.625. The predicted molar refractivity (Wildman–Crippen MR) is 91.3 cm³/mol. The van der Waals surface area contributed by atoms with Crippen LogP contribution < -0.4 is 15.8 Å². The monoisotopic (exact) mass is 367 g/mol. The van der Waals surface area contributed by atoms with E-state index < -0.39 is 21.9 Å². The first-order valence-corrected chi connectivity index (χ1v) is 8.90. The van der Waals surface area contributed by atoms with Crippen molar-refractivity contribution in [1.82, 2.24) is 3.97 Å². The smallest absolute Gasteiger partial charge is 0.354 e. The molecule has 0 aliphatic rings. The van der Waals surface area contributed by atoms with E-state index in [1.165, 1.54) is 6.07 Å². The summed E-state index contributed by atoms with van der Waals surface area (Å²) in [6.07, 6.45) is 1.46. The number of benzene rings is 1. The van der Waals surface area contributed by atoms with Crippen molar-refractivity contribution in [2.24, 2.45) is 5.14 Å². The van der Waals surface area contributed by atoms with Gasteiger partial charge in [0.15, 0.2) is 5.69 Å². The van der Waals surface area contributed by atoms with Crippen LogP contribution in [-0.4, -0.2) is 43.0 Å². The molecule has 25 heavy (non-hydrogen) atoms. The van der Waals surface area contributed by atoms with E-state index >= 15 is 0 Å². The molecule has 134 valence electrons. The van der Waals surface area contributed by atoms with E-state index in [2.05, 4.69) is 5.32 Å². The summed E-state index contributed by atoms with van der Waals surface area (Å²) in [6, 6.07) is 7.78. The van der Waals surface area contributed by atoms with Crippen molar-refractivity contribution in [1.29, 1.82) is 0 Å². The summed E-state index contributed by atoms with van der Waals surface area (Å²) in [5, 5.41) is 19.0. The van der Waals surface area contributed by atoms with E-state index in [-0.39, 0.29) is 11.5 Å². The molecule has 1 amide bonds. The number of rotatable bonds is 7. The molecule has 2 aromatic rings. The van der Waals surface area contributed by atoms with Gasteiger partial charge in [-0.05, 0) is 23.8 Å². The number of hydrogen-bond acceptors (Lipinski definition) is 4. The molecule has 9 nitrogen and oxygen atoms in total. The maximum absolute atomic E-state index is 11.7. The second kappa shape index (κ2) is 7.47. The van der Waals surface area contributed by atoms with Crippen molar-refractivity contribution in [3.8, 4) is 11.1 Å². The Morgan fingerprint density at radius 3 is 2.40 bits per heavy atom. The number of aromatic nitrogens is 1. The number of carboxylic acids is 1. The van der Waals surface area contributed by atoms with Gasteiger partial charge < -0.3 is 15.7 Å². The summed E-state index contributed by atoms with van der Waals surface area (Å²) in [6.45, 7) is 0.674. The van der Waals surface area contributed by atoms with Gasteiger partial charge in [-0.1, -0.05) is 12.1 Å². The summed E-state index contributed by atoms with van der Waals surface area (Å²) in [7, 11) is -2.35. The molecule has 2 rings (SSSR count). The Hall–Kier alpha value is -2.69. The second-order valence-electron chi connectivity index (χ2n) is 5.30. The molecule has 0 atom stereocenters. The Balaban J connectivity index is 2.30. The molecular formula is C15H19N4O5S+. The highest BCUT2D eigenvalue weighted by Crippen LogP contribution is 2.27. The van der Waals surface area contributed by atoms with Gasteiger partial charge in [-0.25, -0.2) is 13.9 Å². The van der Waals surface area contributed by atoms with E-state index in [0.717, 1.165) is 6.20 Å². The van der Waals surface area contributed by atoms with Gasteiger partial charge in [-0.3, -0.25) is 4.79 Å². The minimum Gasteiger partial charge on any atom is -0.477 e. The van der Waals surface area contributed by atoms with Crippen molar-refractivity contribution < 1.29 is 28.4 Å². The van der Waals surface area contributed by atoms with Gasteiger partial charge in [-0.2, -0.15) is 8.42 Å². The van der Waals surface area contributed by atoms with Crippen molar-refractivity contribution in [2.75, 3.05) is 18.9 Å². The summed E-state index contributed by atoms with van der Waals surface area (Å²) in [5.41, 5.74) is 0.810. The zero-order chi connectivity index (χ0) is 18.6. The van der Waals surface area contributed by atoms with Crippen LogP contribution in [0.3, 0.4) is 0 Å². The lowest BCUT2D eigenvalue weighted by Crippen LogP contribution is -2.80. The molecule has 0 aliphatic heterocycles. The Labute approximate surface area is 144 Å². The normalized spacial score (nSPS) is 11.3. The highest BCUT2D eigenvalue weighted by atomic mass is 32.2. The molecule has 0 bridgehead atoms.